The van der Waals surface area contributed by atoms with Crippen molar-refractivity contribution in [1.82, 2.24) is 10.3 Å². The monoisotopic (exact) mass is 663 g/mol. The van der Waals surface area contributed by atoms with Crippen LogP contribution in [-0.4, -0.2) is 59.4 Å². The number of sulfonamides is 1. The Morgan fingerprint density at radius 3 is 2.24 bits per heavy atom. The predicted molar refractivity (Wildman–Crippen MR) is 171 cm³/mol. The topological polar surface area (TPSA) is 160 Å². The molecule has 6 rings (SSSR count). The van der Waals surface area contributed by atoms with Crippen molar-refractivity contribution >= 4 is 53.5 Å². The lowest BCUT2D eigenvalue weighted by atomic mass is 9.97. The number of carbonyl (C=O) groups excluding carboxylic acids is 1. The van der Waals surface area contributed by atoms with Crippen molar-refractivity contribution in [2.24, 2.45) is 0 Å². The van der Waals surface area contributed by atoms with Gasteiger partial charge in [-0.3, -0.25) is 9.10 Å². The number of furan rings is 1. The Labute approximate surface area is 262 Å². The van der Waals surface area contributed by atoms with E-state index < -0.39 is 31.6 Å². The molecule has 236 valence electrons. The number of para-hydroxylation sites is 1. The Morgan fingerprint density at radius 1 is 0.891 bits per heavy atom. The lowest BCUT2D eigenvalue weighted by molar-refractivity contribution is 0.0964. The van der Waals surface area contributed by atoms with Crippen LogP contribution >= 0.6 is 0 Å². The first-order valence-corrected chi connectivity index (χ1v) is 17.4. The first-order valence-electron chi connectivity index (χ1n) is 13.6. The number of nitrogens with zero attached hydrogens (tertiary/aromatic N) is 2. The summed E-state index contributed by atoms with van der Waals surface area (Å²) in [6.07, 6.45) is 2.08. The second-order valence-corrected chi connectivity index (χ2v) is 14.6. The number of anilines is 1. The van der Waals surface area contributed by atoms with Gasteiger partial charge in [0.15, 0.2) is 15.4 Å². The molecule has 0 aliphatic heterocycles. The average Bonchev–Trinajstić information content (AvgIpc) is 3.61. The summed E-state index contributed by atoms with van der Waals surface area (Å²) >= 11 is 0. The highest BCUT2D eigenvalue weighted by atomic mass is 32.2. The Hall–Kier alpha value is -5.21. The highest BCUT2D eigenvalue weighted by Gasteiger charge is 2.27. The minimum absolute atomic E-state index is 0.0446. The van der Waals surface area contributed by atoms with Gasteiger partial charge in [0.1, 0.15) is 28.4 Å². The van der Waals surface area contributed by atoms with Crippen LogP contribution in [0.25, 0.3) is 56.0 Å². The normalized spacial score (nSPS) is 12.1. The summed E-state index contributed by atoms with van der Waals surface area (Å²) < 4.78 is 77.0. The molecular formula is C32H26FN3O8S2. The number of aromatic nitrogens is 1. The van der Waals surface area contributed by atoms with E-state index in [-0.39, 0.29) is 55.8 Å². The quantitative estimate of drug-likeness (QED) is 0.222. The molecule has 0 saturated carbocycles. The van der Waals surface area contributed by atoms with E-state index in [4.69, 9.17) is 8.83 Å². The van der Waals surface area contributed by atoms with Crippen LogP contribution in [0, 0.1) is 5.82 Å². The molecule has 0 aliphatic carbocycles. The smallest absolute Gasteiger partial charge is 0.255 e. The number of phenolic OH excluding ortho intramolecular Hbond substituents is 1. The Bertz CT molecular complexity index is 2420. The van der Waals surface area contributed by atoms with Crippen molar-refractivity contribution in [3.8, 4) is 39.7 Å². The lowest BCUT2D eigenvalue weighted by Crippen LogP contribution is -2.25. The summed E-state index contributed by atoms with van der Waals surface area (Å²) in [5, 5.41) is 13.8. The second-order valence-electron chi connectivity index (χ2n) is 10.6. The average molecular weight is 664 g/mol. The van der Waals surface area contributed by atoms with E-state index in [0.717, 1.165) is 16.8 Å². The first kappa shape index (κ1) is 30.8. The number of nitrogens with one attached hydrogen (secondary N) is 1. The standard InChI is InChI=1S/C32H26FN3O8S2/c1-34-31(38)28-22-15-20(23(36(2)46(4,41)42)16-26(22)43-30(28)17-8-11-19(33)12-9-17)18-10-13-24(37)21(14-18)32-35-29-25(44-32)6-5-7-27(29)45(3,39)40/h5-16,37H,1-4H3,(H,34,38). The molecule has 0 aliphatic rings. The molecule has 0 saturated heterocycles. The molecule has 46 heavy (non-hydrogen) atoms. The SMILES string of the molecule is CNC(=O)c1c(-c2ccc(F)cc2)oc2cc(N(C)S(C)(=O)=O)c(-c3ccc(O)c(-c4nc5c(S(C)(=O)=O)cccc5o4)c3)cc12. The first-order chi connectivity index (χ1) is 21.7. The number of phenols is 1. The predicted octanol–water partition coefficient (Wildman–Crippen LogP) is 5.58. The van der Waals surface area contributed by atoms with Crippen LogP contribution in [0.15, 0.2) is 86.5 Å². The number of carbonyl (C=O) groups is 1. The largest absolute Gasteiger partial charge is 0.507 e. The number of sulfone groups is 1. The van der Waals surface area contributed by atoms with Crippen LogP contribution in [0.4, 0.5) is 10.1 Å². The number of amides is 1. The fraction of sp³-hybridized carbons (Fsp3) is 0.125. The van der Waals surface area contributed by atoms with Crippen molar-refractivity contribution in [2.45, 2.75) is 4.90 Å². The number of hydrogen-bond donors (Lipinski definition) is 2. The van der Waals surface area contributed by atoms with Crippen molar-refractivity contribution in [1.29, 1.82) is 0 Å². The number of aromatic hydroxyl groups is 1. The maximum Gasteiger partial charge on any atom is 0.255 e. The lowest BCUT2D eigenvalue weighted by Gasteiger charge is -2.21. The fourth-order valence-electron chi connectivity index (χ4n) is 5.17. The van der Waals surface area contributed by atoms with E-state index in [1.54, 1.807) is 18.2 Å². The maximum atomic E-state index is 13.7. The van der Waals surface area contributed by atoms with Crippen molar-refractivity contribution in [3.05, 3.63) is 84.2 Å². The molecule has 2 N–H and O–H groups in total. The third kappa shape index (κ3) is 5.35. The second kappa shape index (κ2) is 11.0. The highest BCUT2D eigenvalue weighted by molar-refractivity contribution is 7.92. The third-order valence-electron chi connectivity index (χ3n) is 7.52. The number of benzene rings is 4. The summed E-state index contributed by atoms with van der Waals surface area (Å²) in [7, 11) is -4.65. The van der Waals surface area contributed by atoms with Gasteiger partial charge in [-0.1, -0.05) is 12.1 Å². The Morgan fingerprint density at radius 2 is 1.59 bits per heavy atom. The van der Waals surface area contributed by atoms with Gasteiger partial charge < -0.3 is 19.3 Å². The fourth-order valence-corrected chi connectivity index (χ4v) is 6.50. The van der Waals surface area contributed by atoms with E-state index in [9.17, 15) is 31.1 Å². The van der Waals surface area contributed by atoms with Crippen molar-refractivity contribution in [3.63, 3.8) is 0 Å². The molecule has 0 unspecified atom stereocenters. The van der Waals surface area contributed by atoms with Crippen LogP contribution in [0.1, 0.15) is 10.4 Å². The van der Waals surface area contributed by atoms with Gasteiger partial charge in [-0.25, -0.2) is 26.2 Å². The van der Waals surface area contributed by atoms with Gasteiger partial charge in [0.25, 0.3) is 5.91 Å². The number of halogens is 1. The van der Waals surface area contributed by atoms with Crippen LogP contribution in [0.3, 0.4) is 0 Å². The van der Waals surface area contributed by atoms with Crippen molar-refractivity contribution < 1.29 is 40.0 Å². The van der Waals surface area contributed by atoms with E-state index in [0.29, 0.717) is 22.1 Å². The Kier molecular flexibility index (Phi) is 7.36. The zero-order chi connectivity index (χ0) is 33.1. The van der Waals surface area contributed by atoms with Crippen LogP contribution in [0.2, 0.25) is 0 Å². The molecule has 0 bridgehead atoms. The molecule has 0 radical (unpaired) electrons. The third-order valence-corrected chi connectivity index (χ3v) is 9.84. The van der Waals surface area contributed by atoms with E-state index >= 15 is 0 Å². The molecule has 14 heteroatoms. The van der Waals surface area contributed by atoms with Crippen LogP contribution in [0.5, 0.6) is 5.75 Å². The zero-order valence-electron chi connectivity index (χ0n) is 24.8. The number of rotatable bonds is 7. The summed E-state index contributed by atoms with van der Waals surface area (Å²) in [6, 6.07) is 17.4. The van der Waals surface area contributed by atoms with Gasteiger partial charge in [0.05, 0.1) is 28.0 Å². The molecule has 2 heterocycles. The van der Waals surface area contributed by atoms with Crippen LogP contribution < -0.4 is 9.62 Å². The molecule has 0 fully saturated rings. The molecular weight excluding hydrogens is 637 g/mol. The molecule has 0 spiro atoms. The molecule has 0 atom stereocenters. The van der Waals surface area contributed by atoms with E-state index in [2.05, 4.69) is 10.3 Å². The summed E-state index contributed by atoms with van der Waals surface area (Å²) in [5.41, 5.74) is 2.06. The zero-order valence-corrected chi connectivity index (χ0v) is 26.5. The summed E-state index contributed by atoms with van der Waals surface area (Å²) in [5.74, 6) is -1.12. The molecule has 6 aromatic rings. The summed E-state index contributed by atoms with van der Waals surface area (Å²) in [6.45, 7) is 0. The van der Waals surface area contributed by atoms with E-state index in [1.165, 1.54) is 68.7 Å². The van der Waals surface area contributed by atoms with E-state index in [1.807, 2.05) is 0 Å². The molecule has 2 aromatic heterocycles. The number of fused-ring (bicyclic) bond motifs is 2. The Balaban J connectivity index is 1.62. The highest BCUT2D eigenvalue weighted by Crippen LogP contribution is 2.43. The minimum Gasteiger partial charge on any atom is -0.507 e. The van der Waals surface area contributed by atoms with Gasteiger partial charge in [-0.2, -0.15) is 0 Å². The van der Waals surface area contributed by atoms with Gasteiger partial charge >= 0.3 is 0 Å². The van der Waals surface area contributed by atoms with Gasteiger partial charge in [0.2, 0.25) is 15.9 Å². The van der Waals surface area contributed by atoms with Crippen LogP contribution in [-0.2, 0) is 19.9 Å². The number of oxazole rings is 1. The van der Waals surface area contributed by atoms with Crippen molar-refractivity contribution in [2.75, 3.05) is 30.9 Å². The molecule has 1 amide bonds. The molecule has 11 nitrogen and oxygen atoms in total. The van der Waals surface area contributed by atoms with Gasteiger partial charge in [0, 0.05) is 42.9 Å². The molecule has 4 aromatic carbocycles. The maximum absolute atomic E-state index is 13.7. The van der Waals surface area contributed by atoms with Gasteiger partial charge in [-0.15, -0.1) is 0 Å². The number of hydrogen-bond acceptors (Lipinski definition) is 9. The van der Waals surface area contributed by atoms with Gasteiger partial charge in [-0.05, 0) is 60.2 Å². The summed E-state index contributed by atoms with van der Waals surface area (Å²) in [4.78, 5) is 17.5. The minimum atomic E-state index is -3.81.